The highest BCUT2D eigenvalue weighted by molar-refractivity contribution is 5.97. The molecule has 0 aliphatic carbocycles. The molecule has 1 rings (SSSR count). The zero-order valence-corrected chi connectivity index (χ0v) is 10.5. The first-order chi connectivity index (χ1) is 7.42. The minimum atomic E-state index is 0.0322. The maximum Gasteiger partial charge on any atom is 0.188 e. The van der Waals surface area contributed by atoms with Crippen LogP contribution in [0.1, 0.15) is 36.7 Å². The van der Waals surface area contributed by atoms with Crippen LogP contribution >= 0.6 is 0 Å². The Balaban J connectivity index is 2.72. The zero-order valence-electron chi connectivity index (χ0n) is 10.5. The molecule has 0 atom stereocenters. The summed E-state index contributed by atoms with van der Waals surface area (Å²) in [4.78, 5) is 11.5. The first-order valence-corrected chi connectivity index (χ1v) is 5.53. The van der Waals surface area contributed by atoms with Gasteiger partial charge in [-0.1, -0.05) is 45.0 Å². The van der Waals surface area contributed by atoms with Gasteiger partial charge >= 0.3 is 0 Å². The van der Waals surface area contributed by atoms with Crippen molar-refractivity contribution >= 4 is 5.78 Å². The molecular weight excluding hydrogens is 200 g/mol. The van der Waals surface area contributed by atoms with Crippen LogP contribution in [0.3, 0.4) is 0 Å². The number of ether oxygens (including phenoxy) is 1. The van der Waals surface area contributed by atoms with Gasteiger partial charge in [0.1, 0.15) is 6.61 Å². The Hall–Kier alpha value is -1.15. The molecule has 0 saturated heterocycles. The summed E-state index contributed by atoms with van der Waals surface area (Å²) >= 11 is 0. The Morgan fingerprint density at radius 1 is 1.19 bits per heavy atom. The van der Waals surface area contributed by atoms with Crippen molar-refractivity contribution in [1.29, 1.82) is 0 Å². The van der Waals surface area contributed by atoms with Crippen LogP contribution in [0.5, 0.6) is 0 Å². The molecule has 16 heavy (non-hydrogen) atoms. The summed E-state index contributed by atoms with van der Waals surface area (Å²) in [6.07, 6.45) is 1.02. The van der Waals surface area contributed by atoms with Gasteiger partial charge in [0.05, 0.1) is 0 Å². The van der Waals surface area contributed by atoms with E-state index in [2.05, 4.69) is 20.8 Å². The first kappa shape index (κ1) is 12.9. The van der Waals surface area contributed by atoms with E-state index in [1.165, 1.54) is 12.7 Å². The summed E-state index contributed by atoms with van der Waals surface area (Å²) in [5.41, 5.74) is 2.26. The number of ketones is 1. The summed E-state index contributed by atoms with van der Waals surface area (Å²) in [6.45, 7) is 6.77. The Morgan fingerprint density at radius 2 is 1.75 bits per heavy atom. The smallest absolute Gasteiger partial charge is 0.188 e. The summed E-state index contributed by atoms with van der Waals surface area (Å²) in [7, 11) is 1.53. The topological polar surface area (TPSA) is 26.3 Å². The minimum absolute atomic E-state index is 0.0322. The van der Waals surface area contributed by atoms with Crippen molar-refractivity contribution in [2.75, 3.05) is 13.7 Å². The standard InChI is InChI=1S/C14H20O2/c1-14(2,3)9-11-5-7-12(8-6-11)13(15)10-16-4/h5-8H,9-10H2,1-4H3. The fraction of sp³-hybridized carbons (Fsp3) is 0.500. The number of hydrogen-bond donors (Lipinski definition) is 0. The van der Waals surface area contributed by atoms with Gasteiger partial charge in [0.25, 0.3) is 0 Å². The lowest BCUT2D eigenvalue weighted by molar-refractivity contribution is 0.0848. The van der Waals surface area contributed by atoms with Crippen LogP contribution in [0.25, 0.3) is 0 Å². The fourth-order valence-electron chi connectivity index (χ4n) is 1.64. The second kappa shape index (κ2) is 5.26. The number of carbonyl (C=O) groups excluding carboxylic acids is 1. The number of benzene rings is 1. The predicted octanol–water partition coefficient (Wildman–Crippen LogP) is 3.10. The molecule has 0 spiro atoms. The fourth-order valence-corrected chi connectivity index (χ4v) is 1.64. The maximum absolute atomic E-state index is 11.5. The molecule has 0 aliphatic rings. The molecule has 0 amide bonds. The SMILES string of the molecule is COCC(=O)c1ccc(CC(C)(C)C)cc1. The van der Waals surface area contributed by atoms with E-state index in [1.807, 2.05) is 24.3 Å². The van der Waals surface area contributed by atoms with Crippen molar-refractivity contribution in [2.45, 2.75) is 27.2 Å². The molecule has 2 nitrogen and oxygen atoms in total. The molecule has 88 valence electrons. The predicted molar refractivity (Wildman–Crippen MR) is 65.8 cm³/mol. The molecule has 0 aromatic heterocycles. The third kappa shape index (κ3) is 4.15. The lowest BCUT2D eigenvalue weighted by Crippen LogP contribution is -2.10. The van der Waals surface area contributed by atoms with E-state index in [4.69, 9.17) is 4.74 Å². The van der Waals surface area contributed by atoms with Crippen LogP contribution in [-0.4, -0.2) is 19.5 Å². The van der Waals surface area contributed by atoms with Crippen LogP contribution < -0.4 is 0 Å². The van der Waals surface area contributed by atoms with Crippen molar-refractivity contribution in [2.24, 2.45) is 5.41 Å². The van der Waals surface area contributed by atoms with E-state index < -0.39 is 0 Å². The summed E-state index contributed by atoms with van der Waals surface area (Å²) < 4.78 is 4.82. The Labute approximate surface area is 97.6 Å². The van der Waals surface area contributed by atoms with Crippen LogP contribution in [0.2, 0.25) is 0 Å². The third-order valence-corrected chi connectivity index (χ3v) is 2.29. The van der Waals surface area contributed by atoms with Gasteiger partial charge in [-0.05, 0) is 17.4 Å². The van der Waals surface area contributed by atoms with Gasteiger partial charge in [0.2, 0.25) is 0 Å². The Morgan fingerprint density at radius 3 is 2.19 bits per heavy atom. The normalized spacial score (nSPS) is 11.5. The Bertz CT molecular complexity index is 344. The van der Waals surface area contributed by atoms with Crippen molar-refractivity contribution in [3.63, 3.8) is 0 Å². The molecule has 0 saturated carbocycles. The highest BCUT2D eigenvalue weighted by Gasteiger charge is 2.11. The third-order valence-electron chi connectivity index (χ3n) is 2.29. The van der Waals surface area contributed by atoms with Crippen LogP contribution in [0, 0.1) is 5.41 Å². The molecule has 0 heterocycles. The van der Waals surface area contributed by atoms with Crippen molar-refractivity contribution in [1.82, 2.24) is 0 Å². The van der Waals surface area contributed by atoms with Gasteiger partial charge < -0.3 is 4.74 Å². The van der Waals surface area contributed by atoms with Crippen LogP contribution in [0.15, 0.2) is 24.3 Å². The van der Waals surface area contributed by atoms with E-state index in [-0.39, 0.29) is 17.8 Å². The van der Waals surface area contributed by atoms with Crippen LogP contribution in [0.4, 0.5) is 0 Å². The summed E-state index contributed by atoms with van der Waals surface area (Å²) in [5, 5.41) is 0. The lowest BCUT2D eigenvalue weighted by Gasteiger charge is -2.18. The zero-order chi connectivity index (χ0) is 12.2. The van der Waals surface area contributed by atoms with Gasteiger partial charge in [0, 0.05) is 12.7 Å². The van der Waals surface area contributed by atoms with Gasteiger partial charge in [-0.15, -0.1) is 0 Å². The van der Waals surface area contributed by atoms with E-state index in [0.717, 1.165) is 12.0 Å². The molecule has 1 aromatic rings. The molecule has 0 aliphatic heterocycles. The lowest BCUT2D eigenvalue weighted by atomic mass is 9.88. The number of Topliss-reactive ketones (excluding diaryl/α,β-unsaturated/α-hetero) is 1. The van der Waals surface area contributed by atoms with Crippen molar-refractivity contribution in [3.8, 4) is 0 Å². The average Bonchev–Trinajstić information content (AvgIpc) is 2.16. The largest absolute Gasteiger partial charge is 0.377 e. The van der Waals surface area contributed by atoms with E-state index in [9.17, 15) is 4.79 Å². The van der Waals surface area contributed by atoms with Gasteiger partial charge in [0.15, 0.2) is 5.78 Å². The molecule has 0 unspecified atom stereocenters. The Kier molecular flexibility index (Phi) is 4.25. The first-order valence-electron chi connectivity index (χ1n) is 5.53. The second-order valence-corrected chi connectivity index (χ2v) is 5.29. The second-order valence-electron chi connectivity index (χ2n) is 5.29. The van der Waals surface area contributed by atoms with E-state index >= 15 is 0 Å². The highest BCUT2D eigenvalue weighted by atomic mass is 16.5. The van der Waals surface area contributed by atoms with E-state index in [1.54, 1.807) is 0 Å². The minimum Gasteiger partial charge on any atom is -0.377 e. The van der Waals surface area contributed by atoms with Gasteiger partial charge in [-0.2, -0.15) is 0 Å². The quantitative estimate of drug-likeness (QED) is 0.729. The molecular formula is C14H20O2. The van der Waals surface area contributed by atoms with Gasteiger partial charge in [-0.25, -0.2) is 0 Å². The molecule has 0 bridgehead atoms. The number of rotatable bonds is 4. The number of methoxy groups -OCH3 is 1. The highest BCUT2D eigenvalue weighted by Crippen LogP contribution is 2.20. The van der Waals surface area contributed by atoms with Gasteiger partial charge in [-0.3, -0.25) is 4.79 Å². The monoisotopic (exact) mass is 220 g/mol. The summed E-state index contributed by atoms with van der Waals surface area (Å²) in [5.74, 6) is 0.0322. The molecule has 0 radical (unpaired) electrons. The molecule has 0 fully saturated rings. The van der Waals surface area contributed by atoms with Crippen molar-refractivity contribution in [3.05, 3.63) is 35.4 Å². The number of hydrogen-bond acceptors (Lipinski definition) is 2. The number of carbonyl (C=O) groups is 1. The molecule has 1 aromatic carbocycles. The van der Waals surface area contributed by atoms with Crippen molar-refractivity contribution < 1.29 is 9.53 Å². The maximum atomic E-state index is 11.5. The summed E-state index contributed by atoms with van der Waals surface area (Å²) in [6, 6.07) is 7.80. The molecule has 0 N–H and O–H groups in total. The van der Waals surface area contributed by atoms with Crippen LogP contribution in [-0.2, 0) is 11.2 Å². The average molecular weight is 220 g/mol. The molecule has 2 heteroatoms. The van der Waals surface area contributed by atoms with E-state index in [0.29, 0.717) is 0 Å².